The molecule has 4 nitrogen and oxygen atoms in total. The first-order chi connectivity index (χ1) is 6.58. The second kappa shape index (κ2) is 4.41. The van der Waals surface area contributed by atoms with E-state index in [0.717, 1.165) is 0 Å². The molecule has 0 unspecified atom stereocenters. The summed E-state index contributed by atoms with van der Waals surface area (Å²) >= 11 is 0. The minimum Gasteiger partial charge on any atom is -0.273 e. The Morgan fingerprint density at radius 3 is 2.43 bits per heavy atom. The predicted molar refractivity (Wildman–Crippen MR) is 56.7 cm³/mol. The van der Waals surface area contributed by atoms with Crippen molar-refractivity contribution in [3.8, 4) is 0 Å². The summed E-state index contributed by atoms with van der Waals surface area (Å²) in [4.78, 5) is 3.83. The van der Waals surface area contributed by atoms with Crippen molar-refractivity contribution in [1.82, 2.24) is 4.98 Å². The third-order valence-electron chi connectivity index (χ3n) is 1.91. The Kier molecular flexibility index (Phi) is 3.46. The van der Waals surface area contributed by atoms with Crippen molar-refractivity contribution in [3.63, 3.8) is 0 Å². The molecule has 0 N–H and O–H groups in total. The zero-order valence-electron chi connectivity index (χ0n) is 8.34. The fourth-order valence-corrected chi connectivity index (χ4v) is 2.34. The number of nitrogens with zero attached hydrogens (tertiary/aromatic N) is 2. The van der Waals surface area contributed by atoms with Crippen LogP contribution in [0, 0.1) is 0 Å². The van der Waals surface area contributed by atoms with Crippen molar-refractivity contribution in [2.75, 3.05) is 17.1 Å². The van der Waals surface area contributed by atoms with E-state index >= 15 is 0 Å². The first-order valence-corrected chi connectivity index (χ1v) is 6.05. The van der Waals surface area contributed by atoms with Crippen molar-refractivity contribution >= 4 is 15.7 Å². The number of pyridine rings is 1. The van der Waals surface area contributed by atoms with Crippen LogP contribution >= 0.6 is 0 Å². The SMILES string of the molecule is CCCS(=O)(=O)N(C)c1ccncc1. The molecular weight excluding hydrogens is 200 g/mol. The van der Waals surface area contributed by atoms with Gasteiger partial charge in [-0.25, -0.2) is 8.42 Å². The molecule has 0 aliphatic carbocycles. The molecule has 0 saturated heterocycles. The lowest BCUT2D eigenvalue weighted by atomic mass is 10.4. The number of rotatable bonds is 4. The highest BCUT2D eigenvalue weighted by Crippen LogP contribution is 2.14. The maximum atomic E-state index is 11.6. The summed E-state index contributed by atoms with van der Waals surface area (Å²) in [6.45, 7) is 1.85. The summed E-state index contributed by atoms with van der Waals surface area (Å²) < 4.78 is 24.6. The van der Waals surface area contributed by atoms with Crippen LogP contribution in [0.15, 0.2) is 24.5 Å². The molecule has 0 fully saturated rings. The Bertz CT molecular complexity index is 375. The van der Waals surface area contributed by atoms with Gasteiger partial charge in [-0.1, -0.05) is 6.92 Å². The Labute approximate surface area is 84.6 Å². The van der Waals surface area contributed by atoms with Gasteiger partial charge in [-0.2, -0.15) is 0 Å². The predicted octanol–water partition coefficient (Wildman–Crippen LogP) is 1.26. The van der Waals surface area contributed by atoms with Crippen molar-refractivity contribution in [3.05, 3.63) is 24.5 Å². The van der Waals surface area contributed by atoms with Gasteiger partial charge in [0.05, 0.1) is 11.4 Å². The summed E-state index contributed by atoms with van der Waals surface area (Å²) in [6.07, 6.45) is 3.78. The number of anilines is 1. The standard InChI is InChI=1S/C9H14N2O2S/c1-3-8-14(12,13)11(2)9-4-6-10-7-5-9/h4-7H,3,8H2,1-2H3. The van der Waals surface area contributed by atoms with Crippen LogP contribution in [0.4, 0.5) is 5.69 Å². The Balaban J connectivity index is 2.91. The van der Waals surface area contributed by atoms with Crippen LogP contribution in [-0.2, 0) is 10.0 Å². The maximum absolute atomic E-state index is 11.6. The Morgan fingerprint density at radius 2 is 1.93 bits per heavy atom. The minimum absolute atomic E-state index is 0.172. The van der Waals surface area contributed by atoms with E-state index in [0.29, 0.717) is 12.1 Å². The smallest absolute Gasteiger partial charge is 0.234 e. The van der Waals surface area contributed by atoms with Crippen molar-refractivity contribution in [2.24, 2.45) is 0 Å². The fraction of sp³-hybridized carbons (Fsp3) is 0.444. The molecule has 0 spiro atoms. The monoisotopic (exact) mass is 214 g/mol. The molecule has 0 radical (unpaired) electrons. The van der Waals surface area contributed by atoms with Crippen LogP contribution in [-0.4, -0.2) is 26.2 Å². The summed E-state index contributed by atoms with van der Waals surface area (Å²) in [6, 6.07) is 3.35. The highest BCUT2D eigenvalue weighted by atomic mass is 32.2. The lowest BCUT2D eigenvalue weighted by Gasteiger charge is -2.18. The van der Waals surface area contributed by atoms with Gasteiger partial charge in [0.2, 0.25) is 10.0 Å². The fourth-order valence-electron chi connectivity index (χ4n) is 1.11. The van der Waals surface area contributed by atoms with E-state index in [4.69, 9.17) is 0 Å². The Morgan fingerprint density at radius 1 is 1.36 bits per heavy atom. The van der Waals surface area contributed by atoms with Gasteiger partial charge >= 0.3 is 0 Å². The number of hydrogen-bond donors (Lipinski definition) is 0. The topological polar surface area (TPSA) is 50.3 Å². The maximum Gasteiger partial charge on any atom is 0.234 e. The highest BCUT2D eigenvalue weighted by Gasteiger charge is 2.16. The van der Waals surface area contributed by atoms with Crippen molar-refractivity contribution in [2.45, 2.75) is 13.3 Å². The van der Waals surface area contributed by atoms with Crippen LogP contribution in [0.3, 0.4) is 0 Å². The third kappa shape index (κ3) is 2.45. The van der Waals surface area contributed by atoms with E-state index in [1.54, 1.807) is 31.6 Å². The van der Waals surface area contributed by atoms with Crippen LogP contribution in [0.2, 0.25) is 0 Å². The van der Waals surface area contributed by atoms with Crippen molar-refractivity contribution < 1.29 is 8.42 Å². The summed E-state index contributed by atoms with van der Waals surface area (Å²) in [7, 11) is -1.60. The van der Waals surface area contributed by atoms with E-state index in [2.05, 4.69) is 4.98 Å². The molecule has 1 aromatic heterocycles. The van der Waals surface area contributed by atoms with Gasteiger partial charge in [-0.05, 0) is 18.6 Å². The number of aromatic nitrogens is 1. The molecule has 1 heterocycles. The summed E-state index contributed by atoms with van der Waals surface area (Å²) in [5.74, 6) is 0.172. The zero-order valence-corrected chi connectivity index (χ0v) is 9.16. The average Bonchev–Trinajstić information content (AvgIpc) is 2.18. The lowest BCUT2D eigenvalue weighted by Crippen LogP contribution is -2.28. The van der Waals surface area contributed by atoms with Gasteiger partial charge in [-0.3, -0.25) is 9.29 Å². The lowest BCUT2D eigenvalue weighted by molar-refractivity contribution is 0.593. The number of sulfonamides is 1. The van der Waals surface area contributed by atoms with Crippen LogP contribution in [0.5, 0.6) is 0 Å². The third-order valence-corrected chi connectivity index (χ3v) is 3.88. The van der Waals surface area contributed by atoms with Gasteiger partial charge < -0.3 is 0 Å². The normalized spacial score (nSPS) is 11.3. The highest BCUT2D eigenvalue weighted by molar-refractivity contribution is 7.92. The van der Waals surface area contributed by atoms with Crippen LogP contribution < -0.4 is 4.31 Å². The molecule has 78 valence electrons. The second-order valence-corrected chi connectivity index (χ2v) is 5.11. The molecule has 1 aromatic rings. The first kappa shape index (κ1) is 11.0. The molecule has 0 bridgehead atoms. The first-order valence-electron chi connectivity index (χ1n) is 4.44. The van der Waals surface area contributed by atoms with E-state index in [9.17, 15) is 8.42 Å². The van der Waals surface area contributed by atoms with Gasteiger partial charge in [0.25, 0.3) is 0 Å². The molecule has 0 aromatic carbocycles. The number of hydrogen-bond acceptors (Lipinski definition) is 3. The quantitative estimate of drug-likeness (QED) is 0.758. The second-order valence-electron chi connectivity index (χ2n) is 2.99. The van der Waals surface area contributed by atoms with E-state index < -0.39 is 10.0 Å². The van der Waals surface area contributed by atoms with Gasteiger partial charge in [0.15, 0.2) is 0 Å². The zero-order chi connectivity index (χ0) is 10.6. The average molecular weight is 214 g/mol. The molecule has 0 atom stereocenters. The van der Waals surface area contributed by atoms with Crippen molar-refractivity contribution in [1.29, 1.82) is 0 Å². The largest absolute Gasteiger partial charge is 0.273 e. The molecule has 0 amide bonds. The molecule has 0 aliphatic heterocycles. The van der Waals surface area contributed by atoms with Gasteiger partial charge in [0.1, 0.15) is 0 Å². The molecule has 0 saturated carbocycles. The molecule has 1 rings (SSSR count). The van der Waals surface area contributed by atoms with Gasteiger partial charge in [-0.15, -0.1) is 0 Å². The van der Waals surface area contributed by atoms with Gasteiger partial charge in [0, 0.05) is 19.4 Å². The molecule has 0 aliphatic rings. The van der Waals surface area contributed by atoms with Crippen LogP contribution in [0.25, 0.3) is 0 Å². The summed E-state index contributed by atoms with van der Waals surface area (Å²) in [5.41, 5.74) is 0.647. The van der Waals surface area contributed by atoms with Crippen LogP contribution in [0.1, 0.15) is 13.3 Å². The molecular formula is C9H14N2O2S. The molecule has 14 heavy (non-hydrogen) atoms. The molecule has 5 heteroatoms. The van der Waals surface area contributed by atoms with E-state index in [-0.39, 0.29) is 5.75 Å². The summed E-state index contributed by atoms with van der Waals surface area (Å²) in [5, 5.41) is 0. The van der Waals surface area contributed by atoms with E-state index in [1.807, 2.05) is 6.92 Å². The minimum atomic E-state index is -3.16. The Hall–Kier alpha value is -1.10. The van der Waals surface area contributed by atoms with E-state index in [1.165, 1.54) is 4.31 Å².